The summed E-state index contributed by atoms with van der Waals surface area (Å²) >= 11 is 0. The second-order valence-electron chi connectivity index (χ2n) is 4.86. The lowest BCUT2D eigenvalue weighted by Gasteiger charge is -2.34. The largest absolute Gasteiger partial charge is 0.355 e. The van der Waals surface area contributed by atoms with E-state index in [1.165, 1.54) is 6.92 Å². The van der Waals surface area contributed by atoms with Gasteiger partial charge in [-0.15, -0.1) is 0 Å². The van der Waals surface area contributed by atoms with Crippen LogP contribution in [0.5, 0.6) is 0 Å². The minimum Gasteiger partial charge on any atom is -0.355 e. The molecule has 1 aromatic heterocycles. The van der Waals surface area contributed by atoms with Crippen LogP contribution in [0.3, 0.4) is 0 Å². The van der Waals surface area contributed by atoms with E-state index in [2.05, 4.69) is 15.2 Å². The zero-order valence-corrected chi connectivity index (χ0v) is 11.7. The standard InChI is InChI=1S/C14H20N4O2/c1-12(19)16-5-6-17-7-9-18(10-8-17)14(20)13-3-2-4-15-11-13/h2-4,11H,5-10H2,1H3,(H,16,19). The maximum absolute atomic E-state index is 12.2. The van der Waals surface area contributed by atoms with Crippen LogP contribution in [0.15, 0.2) is 24.5 Å². The molecule has 0 atom stereocenters. The first-order valence-corrected chi connectivity index (χ1v) is 6.83. The van der Waals surface area contributed by atoms with E-state index in [9.17, 15) is 9.59 Å². The Morgan fingerprint density at radius 1 is 1.30 bits per heavy atom. The third kappa shape index (κ3) is 4.03. The van der Waals surface area contributed by atoms with E-state index in [1.807, 2.05) is 4.90 Å². The first-order valence-electron chi connectivity index (χ1n) is 6.83. The number of carbonyl (C=O) groups is 2. The number of pyridine rings is 1. The van der Waals surface area contributed by atoms with Crippen LogP contribution >= 0.6 is 0 Å². The van der Waals surface area contributed by atoms with Crippen molar-refractivity contribution in [2.75, 3.05) is 39.3 Å². The molecule has 0 aliphatic carbocycles. The van der Waals surface area contributed by atoms with Crippen LogP contribution in [0.25, 0.3) is 0 Å². The number of amides is 2. The average Bonchev–Trinajstić information content (AvgIpc) is 2.48. The highest BCUT2D eigenvalue weighted by molar-refractivity contribution is 5.93. The van der Waals surface area contributed by atoms with Crippen molar-refractivity contribution in [3.63, 3.8) is 0 Å². The lowest BCUT2D eigenvalue weighted by Crippen LogP contribution is -2.50. The van der Waals surface area contributed by atoms with Gasteiger partial charge in [0.1, 0.15) is 0 Å². The molecule has 20 heavy (non-hydrogen) atoms. The molecule has 1 aromatic rings. The number of carbonyl (C=O) groups excluding carboxylic acids is 2. The molecule has 1 aliphatic heterocycles. The van der Waals surface area contributed by atoms with Crippen molar-refractivity contribution in [2.45, 2.75) is 6.92 Å². The fourth-order valence-electron chi connectivity index (χ4n) is 2.24. The van der Waals surface area contributed by atoms with Crippen LogP contribution in [0.1, 0.15) is 17.3 Å². The summed E-state index contributed by atoms with van der Waals surface area (Å²) in [7, 11) is 0. The molecule has 0 bridgehead atoms. The summed E-state index contributed by atoms with van der Waals surface area (Å²) in [5.74, 6) is 0.0370. The minimum atomic E-state index is -0.00427. The predicted octanol–water partition coefficient (Wildman–Crippen LogP) is -0.0245. The maximum Gasteiger partial charge on any atom is 0.255 e. The lowest BCUT2D eigenvalue weighted by atomic mass is 10.2. The Balaban J connectivity index is 1.77. The Labute approximate surface area is 118 Å². The Morgan fingerprint density at radius 3 is 2.65 bits per heavy atom. The third-order valence-corrected chi connectivity index (χ3v) is 3.37. The molecule has 2 heterocycles. The van der Waals surface area contributed by atoms with Crippen LogP contribution in [0.4, 0.5) is 0 Å². The molecular formula is C14H20N4O2. The van der Waals surface area contributed by atoms with Crippen molar-refractivity contribution in [2.24, 2.45) is 0 Å². The Morgan fingerprint density at radius 2 is 2.05 bits per heavy atom. The summed E-state index contributed by atoms with van der Waals surface area (Å²) in [6, 6.07) is 3.56. The SMILES string of the molecule is CC(=O)NCCN1CCN(C(=O)c2cccnc2)CC1. The first kappa shape index (κ1) is 14.5. The second kappa shape index (κ2) is 7.00. The number of hydrogen-bond acceptors (Lipinski definition) is 4. The summed E-state index contributed by atoms with van der Waals surface area (Å²) in [5.41, 5.74) is 0.638. The molecule has 108 valence electrons. The van der Waals surface area contributed by atoms with E-state index < -0.39 is 0 Å². The van der Waals surface area contributed by atoms with E-state index in [-0.39, 0.29) is 11.8 Å². The Kier molecular flexibility index (Phi) is 5.06. The maximum atomic E-state index is 12.2. The molecule has 2 amide bonds. The van der Waals surface area contributed by atoms with Crippen LogP contribution in [-0.2, 0) is 4.79 Å². The fraction of sp³-hybridized carbons (Fsp3) is 0.500. The van der Waals surface area contributed by atoms with E-state index in [1.54, 1.807) is 24.5 Å². The molecule has 6 heteroatoms. The number of nitrogens with one attached hydrogen (secondary N) is 1. The van der Waals surface area contributed by atoms with Crippen molar-refractivity contribution < 1.29 is 9.59 Å². The highest BCUT2D eigenvalue weighted by atomic mass is 16.2. The molecular weight excluding hydrogens is 256 g/mol. The molecule has 6 nitrogen and oxygen atoms in total. The highest BCUT2D eigenvalue weighted by Gasteiger charge is 2.21. The summed E-state index contributed by atoms with van der Waals surface area (Å²) in [5, 5.41) is 2.78. The lowest BCUT2D eigenvalue weighted by molar-refractivity contribution is -0.119. The molecule has 1 N–H and O–H groups in total. The van der Waals surface area contributed by atoms with Crippen molar-refractivity contribution in [1.82, 2.24) is 20.1 Å². The van der Waals surface area contributed by atoms with Gasteiger partial charge in [-0.2, -0.15) is 0 Å². The van der Waals surface area contributed by atoms with Gasteiger partial charge in [-0.05, 0) is 12.1 Å². The van der Waals surface area contributed by atoms with Gasteiger partial charge in [0.05, 0.1) is 5.56 Å². The summed E-state index contributed by atoms with van der Waals surface area (Å²) < 4.78 is 0. The first-order chi connectivity index (χ1) is 9.66. The number of aromatic nitrogens is 1. The zero-order valence-electron chi connectivity index (χ0n) is 11.7. The van der Waals surface area contributed by atoms with E-state index in [0.717, 1.165) is 19.6 Å². The second-order valence-corrected chi connectivity index (χ2v) is 4.86. The van der Waals surface area contributed by atoms with Gasteiger partial charge in [0.2, 0.25) is 5.91 Å². The molecule has 0 aromatic carbocycles. The van der Waals surface area contributed by atoms with Gasteiger partial charge in [-0.3, -0.25) is 19.5 Å². The van der Waals surface area contributed by atoms with Gasteiger partial charge in [-0.25, -0.2) is 0 Å². The highest BCUT2D eigenvalue weighted by Crippen LogP contribution is 2.07. The van der Waals surface area contributed by atoms with Crippen LogP contribution in [0, 0.1) is 0 Å². The number of nitrogens with zero attached hydrogens (tertiary/aromatic N) is 3. The molecule has 0 radical (unpaired) electrons. The smallest absolute Gasteiger partial charge is 0.255 e. The molecule has 0 saturated carbocycles. The number of rotatable bonds is 4. The average molecular weight is 276 g/mol. The third-order valence-electron chi connectivity index (χ3n) is 3.37. The number of hydrogen-bond donors (Lipinski definition) is 1. The van der Waals surface area contributed by atoms with Crippen molar-refractivity contribution >= 4 is 11.8 Å². The van der Waals surface area contributed by atoms with Gasteiger partial charge < -0.3 is 10.2 Å². The van der Waals surface area contributed by atoms with E-state index in [4.69, 9.17) is 0 Å². The molecule has 0 unspecified atom stereocenters. The van der Waals surface area contributed by atoms with Crippen LogP contribution in [-0.4, -0.2) is 65.9 Å². The minimum absolute atomic E-state index is 0.00427. The van der Waals surface area contributed by atoms with Gasteiger partial charge in [-0.1, -0.05) is 0 Å². The monoisotopic (exact) mass is 276 g/mol. The normalized spacial score (nSPS) is 15.9. The van der Waals surface area contributed by atoms with Gasteiger partial charge in [0.15, 0.2) is 0 Å². The predicted molar refractivity (Wildman–Crippen MR) is 75.3 cm³/mol. The summed E-state index contributed by atoms with van der Waals surface area (Å²) in [6.45, 7) is 6.11. The Hall–Kier alpha value is -1.95. The fourth-order valence-corrected chi connectivity index (χ4v) is 2.24. The topological polar surface area (TPSA) is 65.5 Å². The molecule has 1 saturated heterocycles. The van der Waals surface area contributed by atoms with Gasteiger partial charge in [0, 0.05) is 58.6 Å². The molecule has 1 aliphatic rings. The number of piperazine rings is 1. The van der Waals surface area contributed by atoms with Gasteiger partial charge >= 0.3 is 0 Å². The Bertz CT molecular complexity index is 456. The molecule has 0 spiro atoms. The van der Waals surface area contributed by atoms with Crippen LogP contribution in [0.2, 0.25) is 0 Å². The van der Waals surface area contributed by atoms with E-state index >= 15 is 0 Å². The van der Waals surface area contributed by atoms with Gasteiger partial charge in [0.25, 0.3) is 5.91 Å². The van der Waals surface area contributed by atoms with Crippen molar-refractivity contribution in [1.29, 1.82) is 0 Å². The van der Waals surface area contributed by atoms with Crippen molar-refractivity contribution in [3.05, 3.63) is 30.1 Å². The van der Waals surface area contributed by atoms with Crippen LogP contribution < -0.4 is 5.32 Å². The van der Waals surface area contributed by atoms with Crippen molar-refractivity contribution in [3.8, 4) is 0 Å². The summed E-state index contributed by atoms with van der Waals surface area (Å²) in [6.07, 6.45) is 3.27. The summed E-state index contributed by atoms with van der Waals surface area (Å²) in [4.78, 5) is 31.1. The van der Waals surface area contributed by atoms with E-state index in [0.29, 0.717) is 25.2 Å². The quantitative estimate of drug-likeness (QED) is 0.839. The molecule has 2 rings (SSSR count). The zero-order chi connectivity index (χ0) is 14.4. The molecule has 1 fully saturated rings.